The summed E-state index contributed by atoms with van der Waals surface area (Å²) in [6.45, 7) is 0.172. The van der Waals surface area contributed by atoms with Crippen molar-refractivity contribution >= 4 is 22.4 Å². The first kappa shape index (κ1) is 18.2. The van der Waals surface area contributed by atoms with Crippen LogP contribution in [-0.2, 0) is 0 Å². The fraction of sp³-hybridized carbons (Fsp3) is 0.0435. The molecular formula is C23H16N2O4S. The third-order valence-corrected chi connectivity index (χ3v) is 5.25. The molecule has 1 N–H and O–H groups in total. The molecule has 1 amide bonds. The predicted molar refractivity (Wildman–Crippen MR) is 115 cm³/mol. The number of thiazole rings is 1. The maximum atomic E-state index is 12.5. The van der Waals surface area contributed by atoms with Crippen LogP contribution in [0.5, 0.6) is 23.0 Å². The number of hydrogen-bond acceptors (Lipinski definition) is 6. The Morgan fingerprint density at radius 1 is 0.933 bits per heavy atom. The van der Waals surface area contributed by atoms with Crippen LogP contribution in [0.25, 0.3) is 11.3 Å². The molecule has 0 saturated carbocycles. The van der Waals surface area contributed by atoms with Gasteiger partial charge in [-0.05, 0) is 54.6 Å². The smallest absolute Gasteiger partial charge is 0.257 e. The SMILES string of the molecule is O=C(Nc1nc(-c2ccc(Oc3ccccc3)cc2)cs1)c1ccc2c(c1)OCO2. The summed E-state index contributed by atoms with van der Waals surface area (Å²) in [6.07, 6.45) is 0. The number of para-hydroxylation sites is 1. The zero-order chi connectivity index (χ0) is 20.3. The van der Waals surface area contributed by atoms with Gasteiger partial charge in [-0.25, -0.2) is 4.98 Å². The fourth-order valence-corrected chi connectivity index (χ4v) is 3.70. The van der Waals surface area contributed by atoms with Gasteiger partial charge in [-0.2, -0.15) is 0 Å². The number of nitrogens with zero attached hydrogens (tertiary/aromatic N) is 1. The number of ether oxygens (including phenoxy) is 3. The molecule has 0 atom stereocenters. The summed E-state index contributed by atoms with van der Waals surface area (Å²) in [7, 11) is 0. The maximum absolute atomic E-state index is 12.5. The van der Waals surface area contributed by atoms with Gasteiger partial charge in [0.25, 0.3) is 5.91 Å². The van der Waals surface area contributed by atoms with Gasteiger partial charge >= 0.3 is 0 Å². The number of benzene rings is 3. The van der Waals surface area contributed by atoms with E-state index in [1.165, 1.54) is 11.3 Å². The lowest BCUT2D eigenvalue weighted by atomic mass is 10.2. The largest absolute Gasteiger partial charge is 0.457 e. The number of carbonyl (C=O) groups is 1. The molecule has 3 aromatic carbocycles. The molecule has 4 aromatic rings. The lowest BCUT2D eigenvalue weighted by molar-refractivity contribution is 0.102. The number of carbonyl (C=O) groups excluding carboxylic acids is 1. The summed E-state index contributed by atoms with van der Waals surface area (Å²) in [5.74, 6) is 2.49. The summed E-state index contributed by atoms with van der Waals surface area (Å²) in [5.41, 5.74) is 2.21. The van der Waals surface area contributed by atoms with Crippen molar-refractivity contribution in [2.24, 2.45) is 0 Å². The van der Waals surface area contributed by atoms with Gasteiger partial charge in [-0.3, -0.25) is 10.1 Å². The first-order valence-electron chi connectivity index (χ1n) is 9.24. The number of amides is 1. The maximum Gasteiger partial charge on any atom is 0.257 e. The zero-order valence-corrected chi connectivity index (χ0v) is 16.5. The van der Waals surface area contributed by atoms with Crippen molar-refractivity contribution in [3.05, 3.63) is 83.7 Å². The van der Waals surface area contributed by atoms with Gasteiger partial charge in [0, 0.05) is 16.5 Å². The van der Waals surface area contributed by atoms with Crippen LogP contribution in [0.15, 0.2) is 78.2 Å². The van der Waals surface area contributed by atoms with Gasteiger partial charge in [-0.15, -0.1) is 11.3 Å². The Bertz CT molecular complexity index is 1190. The molecule has 0 saturated heterocycles. The molecule has 1 aliphatic heterocycles. The highest BCUT2D eigenvalue weighted by Gasteiger charge is 2.17. The predicted octanol–water partition coefficient (Wildman–Crippen LogP) is 5.58. The number of rotatable bonds is 5. The average molecular weight is 416 g/mol. The molecule has 2 heterocycles. The highest BCUT2D eigenvalue weighted by molar-refractivity contribution is 7.14. The van der Waals surface area contributed by atoms with E-state index in [2.05, 4.69) is 10.3 Å². The molecule has 0 spiro atoms. The number of anilines is 1. The highest BCUT2D eigenvalue weighted by Crippen LogP contribution is 2.33. The Labute approximate surface area is 176 Å². The van der Waals surface area contributed by atoms with Crippen LogP contribution in [0.3, 0.4) is 0 Å². The van der Waals surface area contributed by atoms with E-state index in [0.717, 1.165) is 22.8 Å². The van der Waals surface area contributed by atoms with Crippen molar-refractivity contribution in [2.75, 3.05) is 12.1 Å². The number of nitrogens with one attached hydrogen (secondary N) is 1. The monoisotopic (exact) mass is 416 g/mol. The second kappa shape index (κ2) is 7.88. The van der Waals surface area contributed by atoms with Gasteiger partial charge in [0.2, 0.25) is 6.79 Å². The summed E-state index contributed by atoms with van der Waals surface area (Å²) in [6, 6.07) is 22.4. The van der Waals surface area contributed by atoms with Crippen LogP contribution in [0, 0.1) is 0 Å². The molecule has 30 heavy (non-hydrogen) atoms. The normalized spacial score (nSPS) is 11.9. The van der Waals surface area contributed by atoms with E-state index in [1.54, 1.807) is 18.2 Å². The quantitative estimate of drug-likeness (QED) is 0.460. The lowest BCUT2D eigenvalue weighted by Gasteiger charge is -2.06. The van der Waals surface area contributed by atoms with Crippen molar-refractivity contribution in [3.63, 3.8) is 0 Å². The second-order valence-corrected chi connectivity index (χ2v) is 7.36. The van der Waals surface area contributed by atoms with Gasteiger partial charge in [0.05, 0.1) is 5.69 Å². The van der Waals surface area contributed by atoms with Gasteiger partial charge < -0.3 is 14.2 Å². The van der Waals surface area contributed by atoms with E-state index in [9.17, 15) is 4.79 Å². The van der Waals surface area contributed by atoms with Crippen molar-refractivity contribution in [1.29, 1.82) is 0 Å². The standard InChI is InChI=1S/C23H16N2O4S/c26-22(16-8-11-20-21(12-16)28-14-27-20)25-23-24-19(13-30-23)15-6-9-18(10-7-15)29-17-4-2-1-3-5-17/h1-13H,14H2,(H,24,25,26). The zero-order valence-electron chi connectivity index (χ0n) is 15.7. The van der Waals surface area contributed by atoms with Gasteiger partial charge in [-0.1, -0.05) is 18.2 Å². The minimum absolute atomic E-state index is 0.172. The molecule has 0 unspecified atom stereocenters. The van der Waals surface area contributed by atoms with E-state index in [-0.39, 0.29) is 12.7 Å². The number of hydrogen-bond donors (Lipinski definition) is 1. The molecule has 148 valence electrons. The molecule has 0 aliphatic carbocycles. The van der Waals surface area contributed by atoms with Crippen molar-refractivity contribution in [3.8, 4) is 34.3 Å². The average Bonchev–Trinajstić information content (AvgIpc) is 3.44. The minimum atomic E-state index is -0.249. The Morgan fingerprint density at radius 2 is 1.70 bits per heavy atom. The Balaban J connectivity index is 1.26. The Hall–Kier alpha value is -3.84. The summed E-state index contributed by atoms with van der Waals surface area (Å²) in [5, 5.41) is 5.26. The molecule has 5 rings (SSSR count). The van der Waals surface area contributed by atoms with Crippen molar-refractivity contribution < 1.29 is 19.0 Å². The van der Waals surface area contributed by atoms with E-state index in [4.69, 9.17) is 14.2 Å². The minimum Gasteiger partial charge on any atom is -0.457 e. The second-order valence-electron chi connectivity index (χ2n) is 6.50. The lowest BCUT2D eigenvalue weighted by Crippen LogP contribution is -2.11. The van der Waals surface area contributed by atoms with Crippen LogP contribution in [-0.4, -0.2) is 17.7 Å². The van der Waals surface area contributed by atoms with Crippen LogP contribution in [0.2, 0.25) is 0 Å². The topological polar surface area (TPSA) is 69.7 Å². The molecule has 0 radical (unpaired) electrons. The van der Waals surface area contributed by atoms with E-state index in [1.807, 2.05) is 60.0 Å². The molecule has 1 aromatic heterocycles. The third-order valence-electron chi connectivity index (χ3n) is 4.49. The van der Waals surface area contributed by atoms with E-state index >= 15 is 0 Å². The molecule has 0 fully saturated rings. The molecule has 7 heteroatoms. The van der Waals surface area contributed by atoms with E-state index in [0.29, 0.717) is 22.2 Å². The molecule has 1 aliphatic rings. The van der Waals surface area contributed by atoms with Gasteiger partial charge in [0.1, 0.15) is 11.5 Å². The van der Waals surface area contributed by atoms with Gasteiger partial charge in [0.15, 0.2) is 16.6 Å². The van der Waals surface area contributed by atoms with Crippen LogP contribution < -0.4 is 19.5 Å². The number of aromatic nitrogens is 1. The molecule has 6 nitrogen and oxygen atoms in total. The van der Waals surface area contributed by atoms with Crippen molar-refractivity contribution in [1.82, 2.24) is 4.98 Å². The Morgan fingerprint density at radius 3 is 2.53 bits per heavy atom. The molecular weight excluding hydrogens is 400 g/mol. The first-order chi connectivity index (χ1) is 14.7. The van der Waals surface area contributed by atoms with Crippen LogP contribution >= 0.6 is 11.3 Å². The number of fused-ring (bicyclic) bond motifs is 1. The van der Waals surface area contributed by atoms with Crippen LogP contribution in [0.1, 0.15) is 10.4 Å². The third kappa shape index (κ3) is 3.83. The van der Waals surface area contributed by atoms with Crippen LogP contribution in [0.4, 0.5) is 5.13 Å². The molecule has 0 bridgehead atoms. The summed E-state index contributed by atoms with van der Waals surface area (Å²) < 4.78 is 16.4. The fourth-order valence-electron chi connectivity index (χ4n) is 2.99. The highest BCUT2D eigenvalue weighted by atomic mass is 32.1. The summed E-state index contributed by atoms with van der Waals surface area (Å²) in [4.78, 5) is 17.0. The summed E-state index contributed by atoms with van der Waals surface area (Å²) >= 11 is 1.37. The first-order valence-corrected chi connectivity index (χ1v) is 10.1. The Kier molecular flexibility index (Phi) is 4.78. The van der Waals surface area contributed by atoms with E-state index < -0.39 is 0 Å². The van der Waals surface area contributed by atoms with Crippen molar-refractivity contribution in [2.45, 2.75) is 0 Å².